The normalized spacial score (nSPS) is 21.3. The third-order valence-electron chi connectivity index (χ3n) is 7.53. The first-order valence-corrected chi connectivity index (χ1v) is 16.6. The Kier molecular flexibility index (Phi) is 8.20. The number of ether oxygens (including phenoxy) is 3. The van der Waals surface area contributed by atoms with Crippen molar-refractivity contribution >= 4 is 30.7 Å². The molecule has 2 aromatic rings. The van der Waals surface area contributed by atoms with Crippen molar-refractivity contribution in [1.29, 1.82) is 0 Å². The predicted octanol–water partition coefficient (Wildman–Crippen LogP) is 4.77. The Balaban J connectivity index is 1.59. The highest BCUT2D eigenvalue weighted by molar-refractivity contribution is 6.76. The molecule has 9 heteroatoms. The quantitative estimate of drug-likeness (QED) is 0.265. The average molecular weight is 503 g/mol. The SMILES string of the molecule is CCN1CN(C2CCC(C(OC)OC)CC2)c2c(cnc3c2ccn3COCC[Si](C)(C)C)C1=O. The zero-order chi connectivity index (χ0) is 25.2. The zero-order valence-electron chi connectivity index (χ0n) is 22.2. The summed E-state index contributed by atoms with van der Waals surface area (Å²) >= 11 is 0. The lowest BCUT2D eigenvalue weighted by Gasteiger charge is -2.45. The molecule has 0 atom stereocenters. The van der Waals surface area contributed by atoms with Gasteiger partial charge in [-0.15, -0.1) is 0 Å². The highest BCUT2D eigenvalue weighted by atomic mass is 28.3. The molecule has 8 nitrogen and oxygen atoms in total. The fourth-order valence-electron chi connectivity index (χ4n) is 5.43. The molecule has 0 unspecified atom stereocenters. The van der Waals surface area contributed by atoms with Gasteiger partial charge in [-0.2, -0.15) is 0 Å². The van der Waals surface area contributed by atoms with Crippen LogP contribution in [0.1, 0.15) is 43.0 Å². The van der Waals surface area contributed by atoms with Crippen molar-refractivity contribution in [3.63, 3.8) is 0 Å². The monoisotopic (exact) mass is 502 g/mol. The van der Waals surface area contributed by atoms with Crippen molar-refractivity contribution in [2.75, 3.05) is 38.9 Å². The Bertz CT molecular complexity index is 1010. The van der Waals surface area contributed by atoms with E-state index in [0.717, 1.165) is 55.1 Å². The summed E-state index contributed by atoms with van der Waals surface area (Å²) in [7, 11) is 2.30. The molecule has 0 aromatic carbocycles. The van der Waals surface area contributed by atoms with Gasteiger partial charge in [-0.1, -0.05) is 19.6 Å². The van der Waals surface area contributed by atoms with Gasteiger partial charge in [0.15, 0.2) is 6.29 Å². The molecule has 0 radical (unpaired) electrons. The summed E-state index contributed by atoms with van der Waals surface area (Å²) < 4.78 is 19.1. The van der Waals surface area contributed by atoms with Gasteiger partial charge in [0, 0.05) is 65.2 Å². The fraction of sp³-hybridized carbons (Fsp3) is 0.692. The van der Waals surface area contributed by atoms with Crippen LogP contribution < -0.4 is 4.90 Å². The molecular formula is C26H42N4O4Si. The number of carbonyl (C=O) groups excluding carboxylic acids is 1. The second kappa shape index (κ2) is 11.0. The summed E-state index contributed by atoms with van der Waals surface area (Å²) in [6, 6.07) is 3.60. The number of anilines is 1. The highest BCUT2D eigenvalue weighted by Crippen LogP contribution is 2.40. The van der Waals surface area contributed by atoms with E-state index in [1.54, 1.807) is 20.4 Å². The van der Waals surface area contributed by atoms with Crippen molar-refractivity contribution in [1.82, 2.24) is 14.5 Å². The standard InChI is InChI=1S/C26H42N4O4Si/c1-7-28-17-30(20-10-8-19(9-11-20)26(32-2)33-3)23-21-12-13-29(18-34-14-15-35(4,5)6)24(21)27-16-22(23)25(28)31/h12-13,16,19-20,26H,7-11,14-15,17-18H2,1-6H3. The lowest BCUT2D eigenvalue weighted by Crippen LogP contribution is -2.52. The molecule has 1 fully saturated rings. The van der Waals surface area contributed by atoms with Crippen molar-refractivity contribution in [3.05, 3.63) is 24.0 Å². The number of pyridine rings is 1. The van der Waals surface area contributed by atoms with E-state index in [4.69, 9.17) is 19.2 Å². The number of aromatic nitrogens is 2. The molecule has 1 aliphatic carbocycles. The average Bonchev–Trinajstić information content (AvgIpc) is 3.26. The van der Waals surface area contributed by atoms with E-state index < -0.39 is 8.07 Å². The Morgan fingerprint density at radius 2 is 1.86 bits per heavy atom. The minimum atomic E-state index is -1.13. The van der Waals surface area contributed by atoms with Crippen molar-refractivity contribution < 1.29 is 19.0 Å². The van der Waals surface area contributed by atoms with Crippen LogP contribution in [0, 0.1) is 5.92 Å². The molecule has 0 spiro atoms. The second-order valence-electron chi connectivity index (χ2n) is 11.1. The van der Waals surface area contributed by atoms with Crippen LogP contribution in [0.15, 0.2) is 18.5 Å². The van der Waals surface area contributed by atoms with Gasteiger partial charge in [0.2, 0.25) is 0 Å². The third-order valence-corrected chi connectivity index (χ3v) is 9.23. The zero-order valence-corrected chi connectivity index (χ0v) is 23.2. The van der Waals surface area contributed by atoms with E-state index in [1.807, 2.05) is 18.0 Å². The van der Waals surface area contributed by atoms with E-state index >= 15 is 0 Å². The van der Waals surface area contributed by atoms with Crippen LogP contribution in [-0.2, 0) is 20.9 Å². The largest absolute Gasteiger partial charge is 0.361 e. The van der Waals surface area contributed by atoms with Crippen LogP contribution in [0.4, 0.5) is 5.69 Å². The summed E-state index contributed by atoms with van der Waals surface area (Å²) in [5.41, 5.74) is 2.62. The summed E-state index contributed by atoms with van der Waals surface area (Å²) in [5, 5.41) is 1.04. The van der Waals surface area contributed by atoms with Crippen LogP contribution in [0.5, 0.6) is 0 Å². The highest BCUT2D eigenvalue weighted by Gasteiger charge is 2.37. The van der Waals surface area contributed by atoms with Gasteiger partial charge in [0.1, 0.15) is 12.4 Å². The minimum absolute atomic E-state index is 0.0693. The van der Waals surface area contributed by atoms with Crippen LogP contribution >= 0.6 is 0 Å². The molecule has 2 aliphatic rings. The van der Waals surface area contributed by atoms with E-state index in [2.05, 4.69) is 35.2 Å². The summed E-state index contributed by atoms with van der Waals surface area (Å²) in [6.45, 7) is 11.7. The number of carbonyl (C=O) groups is 1. The summed E-state index contributed by atoms with van der Waals surface area (Å²) in [5.74, 6) is 0.473. The fourth-order valence-corrected chi connectivity index (χ4v) is 6.19. The molecule has 35 heavy (non-hydrogen) atoms. The number of nitrogens with zero attached hydrogens (tertiary/aromatic N) is 4. The maximum absolute atomic E-state index is 13.2. The van der Waals surface area contributed by atoms with E-state index in [9.17, 15) is 4.79 Å². The number of rotatable bonds is 10. The maximum Gasteiger partial charge on any atom is 0.258 e. The number of fused-ring (bicyclic) bond motifs is 3. The molecular weight excluding hydrogens is 460 g/mol. The van der Waals surface area contributed by atoms with E-state index in [1.165, 1.54) is 0 Å². The lowest BCUT2D eigenvalue weighted by molar-refractivity contribution is -0.144. The van der Waals surface area contributed by atoms with Crippen LogP contribution in [0.3, 0.4) is 0 Å². The number of hydrogen-bond donors (Lipinski definition) is 0. The van der Waals surface area contributed by atoms with E-state index in [0.29, 0.717) is 37.5 Å². The van der Waals surface area contributed by atoms with Gasteiger partial charge in [-0.3, -0.25) is 4.79 Å². The number of amides is 1. The van der Waals surface area contributed by atoms with Gasteiger partial charge in [-0.05, 0) is 44.7 Å². The summed E-state index contributed by atoms with van der Waals surface area (Å²) in [6.07, 6.45) is 7.84. The first kappa shape index (κ1) is 26.1. The van der Waals surface area contributed by atoms with Crippen molar-refractivity contribution in [3.8, 4) is 0 Å². The summed E-state index contributed by atoms with van der Waals surface area (Å²) in [4.78, 5) is 22.3. The van der Waals surface area contributed by atoms with E-state index in [-0.39, 0.29) is 12.2 Å². The maximum atomic E-state index is 13.2. The molecule has 3 heterocycles. The number of hydrogen-bond acceptors (Lipinski definition) is 6. The van der Waals surface area contributed by atoms with Gasteiger partial charge < -0.3 is 28.6 Å². The Labute approximate surface area is 210 Å². The van der Waals surface area contributed by atoms with Gasteiger partial charge in [-0.25, -0.2) is 4.98 Å². The van der Waals surface area contributed by atoms with Crippen molar-refractivity contribution in [2.24, 2.45) is 5.92 Å². The molecule has 1 aliphatic heterocycles. The predicted molar refractivity (Wildman–Crippen MR) is 141 cm³/mol. The molecule has 194 valence electrons. The molecule has 2 aromatic heterocycles. The smallest absolute Gasteiger partial charge is 0.258 e. The third kappa shape index (κ3) is 5.58. The first-order valence-electron chi connectivity index (χ1n) is 12.9. The molecule has 4 rings (SSSR count). The Morgan fingerprint density at radius 3 is 2.49 bits per heavy atom. The van der Waals surface area contributed by atoms with Gasteiger partial charge in [0.25, 0.3) is 5.91 Å². The first-order chi connectivity index (χ1) is 16.8. The molecule has 1 amide bonds. The Morgan fingerprint density at radius 1 is 1.14 bits per heavy atom. The van der Waals surface area contributed by atoms with Crippen molar-refractivity contribution in [2.45, 2.75) is 77.4 Å². The Hall–Kier alpha value is -1.94. The second-order valence-corrected chi connectivity index (χ2v) is 16.7. The topological polar surface area (TPSA) is 69.1 Å². The lowest BCUT2D eigenvalue weighted by atomic mass is 9.84. The van der Waals surface area contributed by atoms with Gasteiger partial charge in [0.05, 0.1) is 17.9 Å². The molecule has 0 N–H and O–H groups in total. The molecule has 1 saturated carbocycles. The molecule has 0 bridgehead atoms. The van der Waals surface area contributed by atoms with Crippen LogP contribution in [0.25, 0.3) is 11.0 Å². The molecule has 0 saturated heterocycles. The minimum Gasteiger partial charge on any atom is -0.361 e. The van der Waals surface area contributed by atoms with Gasteiger partial charge >= 0.3 is 0 Å². The number of methoxy groups -OCH3 is 2. The van der Waals surface area contributed by atoms with Crippen LogP contribution in [0.2, 0.25) is 25.7 Å². The van der Waals surface area contributed by atoms with Crippen LogP contribution in [-0.4, -0.2) is 74.8 Å².